The van der Waals surface area contributed by atoms with Crippen LogP contribution in [0.5, 0.6) is 0 Å². The van der Waals surface area contributed by atoms with Crippen LogP contribution in [0.15, 0.2) is 0 Å². The molecule has 4 heteroatoms. The summed E-state index contributed by atoms with van der Waals surface area (Å²) in [5.41, 5.74) is 5.89. The Labute approximate surface area is 118 Å². The van der Waals surface area contributed by atoms with Crippen molar-refractivity contribution in [2.75, 3.05) is 20.6 Å². The third kappa shape index (κ3) is 7.53. The maximum Gasteiger partial charge on any atom is 0.220 e. The number of carbonyl (C=O) groups excluding carboxylic acids is 1. The van der Waals surface area contributed by atoms with E-state index >= 15 is 0 Å². The normalized spacial score (nSPS) is 25.3. The summed E-state index contributed by atoms with van der Waals surface area (Å²) in [6.45, 7) is 3.10. The van der Waals surface area contributed by atoms with Gasteiger partial charge in [0.05, 0.1) is 0 Å². The van der Waals surface area contributed by atoms with Crippen molar-refractivity contribution in [1.82, 2.24) is 10.2 Å². The van der Waals surface area contributed by atoms with E-state index in [0.29, 0.717) is 18.4 Å². The highest BCUT2D eigenvalue weighted by Gasteiger charge is 2.19. The first-order valence-corrected chi connectivity index (χ1v) is 7.67. The first kappa shape index (κ1) is 16.4. The van der Waals surface area contributed by atoms with Crippen LogP contribution in [-0.4, -0.2) is 43.5 Å². The fraction of sp³-hybridized carbons (Fsp3) is 0.933. The SMILES string of the molecule is CC(CCN(C)C)NC(=O)CCC1CCC(N)CC1. The molecule has 4 nitrogen and oxygen atoms in total. The minimum Gasteiger partial charge on any atom is -0.354 e. The summed E-state index contributed by atoms with van der Waals surface area (Å²) in [5, 5.41) is 3.09. The molecule has 1 rings (SSSR count). The van der Waals surface area contributed by atoms with Crippen LogP contribution in [0.3, 0.4) is 0 Å². The molecule has 0 aromatic rings. The minimum absolute atomic E-state index is 0.209. The van der Waals surface area contributed by atoms with Gasteiger partial charge in [0, 0.05) is 18.5 Å². The number of nitrogens with zero attached hydrogens (tertiary/aromatic N) is 1. The second-order valence-corrected chi connectivity index (χ2v) is 6.38. The Morgan fingerprint density at radius 3 is 2.53 bits per heavy atom. The molecular formula is C15H31N3O. The molecule has 112 valence electrons. The average molecular weight is 269 g/mol. The van der Waals surface area contributed by atoms with Gasteiger partial charge in [-0.3, -0.25) is 4.79 Å². The smallest absolute Gasteiger partial charge is 0.220 e. The topological polar surface area (TPSA) is 58.4 Å². The number of nitrogens with two attached hydrogens (primary N) is 1. The van der Waals surface area contributed by atoms with Gasteiger partial charge in [-0.25, -0.2) is 0 Å². The number of rotatable bonds is 7. The van der Waals surface area contributed by atoms with Crippen LogP contribution in [0, 0.1) is 5.92 Å². The zero-order valence-electron chi connectivity index (χ0n) is 12.8. The van der Waals surface area contributed by atoms with E-state index < -0.39 is 0 Å². The molecule has 1 aliphatic carbocycles. The summed E-state index contributed by atoms with van der Waals surface area (Å²) in [7, 11) is 4.12. The van der Waals surface area contributed by atoms with Crippen molar-refractivity contribution < 1.29 is 4.79 Å². The van der Waals surface area contributed by atoms with E-state index in [-0.39, 0.29) is 11.9 Å². The van der Waals surface area contributed by atoms with E-state index in [1.54, 1.807) is 0 Å². The van der Waals surface area contributed by atoms with Crippen molar-refractivity contribution in [3.63, 3.8) is 0 Å². The zero-order valence-corrected chi connectivity index (χ0v) is 12.8. The largest absolute Gasteiger partial charge is 0.354 e. The average Bonchev–Trinajstić information content (AvgIpc) is 2.36. The summed E-state index contributed by atoms with van der Waals surface area (Å²) in [6.07, 6.45) is 7.37. The standard InChI is InChI=1S/C15H31N3O/c1-12(10-11-18(2)3)17-15(19)9-6-13-4-7-14(16)8-5-13/h12-14H,4-11,16H2,1-3H3,(H,17,19). The predicted molar refractivity (Wildman–Crippen MR) is 79.9 cm³/mol. The molecule has 0 heterocycles. The van der Waals surface area contributed by atoms with Gasteiger partial charge in [0.15, 0.2) is 0 Å². The van der Waals surface area contributed by atoms with Crippen molar-refractivity contribution in [1.29, 1.82) is 0 Å². The van der Waals surface area contributed by atoms with Gasteiger partial charge in [0.25, 0.3) is 0 Å². The van der Waals surface area contributed by atoms with Gasteiger partial charge in [-0.15, -0.1) is 0 Å². The van der Waals surface area contributed by atoms with E-state index in [2.05, 4.69) is 31.2 Å². The van der Waals surface area contributed by atoms with E-state index in [4.69, 9.17) is 5.73 Å². The van der Waals surface area contributed by atoms with E-state index in [1.165, 1.54) is 12.8 Å². The summed E-state index contributed by atoms with van der Waals surface area (Å²) >= 11 is 0. The molecule has 0 aliphatic heterocycles. The molecule has 1 saturated carbocycles. The van der Waals surface area contributed by atoms with E-state index in [0.717, 1.165) is 32.2 Å². The monoisotopic (exact) mass is 269 g/mol. The van der Waals surface area contributed by atoms with Crippen LogP contribution in [0.2, 0.25) is 0 Å². The van der Waals surface area contributed by atoms with Gasteiger partial charge in [-0.05, 0) is 72.0 Å². The molecule has 0 aromatic carbocycles. The van der Waals surface area contributed by atoms with Crippen molar-refractivity contribution in [2.45, 2.75) is 64.0 Å². The van der Waals surface area contributed by atoms with Gasteiger partial charge in [0.2, 0.25) is 5.91 Å². The molecule has 0 radical (unpaired) electrons. The molecule has 0 saturated heterocycles. The Kier molecular flexibility index (Phi) is 7.39. The molecular weight excluding hydrogens is 238 g/mol. The summed E-state index contributed by atoms with van der Waals surface area (Å²) in [6, 6.07) is 0.672. The van der Waals surface area contributed by atoms with Gasteiger partial charge in [0.1, 0.15) is 0 Å². The van der Waals surface area contributed by atoms with E-state index in [9.17, 15) is 4.79 Å². The first-order chi connectivity index (χ1) is 8.97. The molecule has 0 spiro atoms. The zero-order chi connectivity index (χ0) is 14.3. The van der Waals surface area contributed by atoms with Gasteiger partial charge in [-0.2, -0.15) is 0 Å². The third-order valence-corrected chi connectivity index (χ3v) is 4.09. The molecule has 19 heavy (non-hydrogen) atoms. The molecule has 1 fully saturated rings. The highest BCUT2D eigenvalue weighted by molar-refractivity contribution is 5.76. The number of carbonyl (C=O) groups is 1. The molecule has 0 aromatic heterocycles. The number of nitrogens with one attached hydrogen (secondary N) is 1. The van der Waals surface area contributed by atoms with Crippen LogP contribution in [-0.2, 0) is 4.79 Å². The quantitative estimate of drug-likeness (QED) is 0.740. The Morgan fingerprint density at radius 1 is 1.32 bits per heavy atom. The third-order valence-electron chi connectivity index (χ3n) is 4.09. The van der Waals surface area contributed by atoms with Crippen LogP contribution in [0.4, 0.5) is 0 Å². The summed E-state index contributed by atoms with van der Waals surface area (Å²) in [5.74, 6) is 0.920. The Balaban J connectivity index is 2.10. The second-order valence-electron chi connectivity index (χ2n) is 6.38. The maximum absolute atomic E-state index is 11.9. The van der Waals surface area contributed by atoms with Crippen molar-refractivity contribution in [3.8, 4) is 0 Å². The first-order valence-electron chi connectivity index (χ1n) is 7.67. The summed E-state index contributed by atoms with van der Waals surface area (Å²) in [4.78, 5) is 14.0. The molecule has 1 amide bonds. The Morgan fingerprint density at radius 2 is 1.95 bits per heavy atom. The lowest BCUT2D eigenvalue weighted by Crippen LogP contribution is -2.35. The van der Waals surface area contributed by atoms with Crippen molar-refractivity contribution >= 4 is 5.91 Å². The summed E-state index contributed by atoms with van der Waals surface area (Å²) < 4.78 is 0. The second kappa shape index (κ2) is 8.54. The Bertz CT molecular complexity index is 260. The molecule has 3 N–H and O–H groups in total. The molecule has 1 unspecified atom stereocenters. The lowest BCUT2D eigenvalue weighted by Gasteiger charge is -2.26. The highest BCUT2D eigenvalue weighted by atomic mass is 16.1. The van der Waals surface area contributed by atoms with Gasteiger partial charge in [-0.1, -0.05) is 0 Å². The lowest BCUT2D eigenvalue weighted by atomic mass is 9.84. The van der Waals surface area contributed by atoms with Crippen LogP contribution in [0.1, 0.15) is 51.9 Å². The minimum atomic E-state index is 0.209. The number of hydrogen-bond donors (Lipinski definition) is 2. The molecule has 1 aliphatic rings. The van der Waals surface area contributed by atoms with Crippen LogP contribution in [0.25, 0.3) is 0 Å². The lowest BCUT2D eigenvalue weighted by molar-refractivity contribution is -0.122. The fourth-order valence-electron chi connectivity index (χ4n) is 2.68. The number of amides is 1. The van der Waals surface area contributed by atoms with E-state index in [1.807, 2.05) is 0 Å². The fourth-order valence-corrected chi connectivity index (χ4v) is 2.68. The van der Waals surface area contributed by atoms with Crippen molar-refractivity contribution in [2.24, 2.45) is 11.7 Å². The highest BCUT2D eigenvalue weighted by Crippen LogP contribution is 2.26. The van der Waals surface area contributed by atoms with Gasteiger partial charge >= 0.3 is 0 Å². The van der Waals surface area contributed by atoms with Gasteiger partial charge < -0.3 is 16.0 Å². The number of hydrogen-bond acceptors (Lipinski definition) is 3. The van der Waals surface area contributed by atoms with Crippen molar-refractivity contribution in [3.05, 3.63) is 0 Å². The Hall–Kier alpha value is -0.610. The maximum atomic E-state index is 11.9. The molecule has 0 bridgehead atoms. The molecule has 1 atom stereocenters. The van der Waals surface area contributed by atoms with Crippen LogP contribution >= 0.6 is 0 Å². The predicted octanol–water partition coefficient (Wildman–Crippen LogP) is 1.74. The van der Waals surface area contributed by atoms with Crippen LogP contribution < -0.4 is 11.1 Å².